The number of thioether (sulfide) groups is 1. The predicted molar refractivity (Wildman–Crippen MR) is 49.1 cm³/mol. The molecule has 14 heavy (non-hydrogen) atoms. The molecule has 1 amide bonds. The van der Waals surface area contributed by atoms with Gasteiger partial charge in [0.15, 0.2) is 10.8 Å². The minimum atomic E-state index is -1.10. The monoisotopic (exact) mass is 215 g/mol. The van der Waals surface area contributed by atoms with Gasteiger partial charge >= 0.3 is 5.97 Å². The third-order valence-electron chi connectivity index (χ3n) is 2.06. The molecular weight excluding hydrogens is 206 g/mol. The molecule has 76 valence electrons. The molecule has 2 rings (SSSR count). The van der Waals surface area contributed by atoms with E-state index in [1.165, 1.54) is 16.7 Å². The van der Waals surface area contributed by atoms with Crippen LogP contribution in [0.15, 0.2) is 10.8 Å². The first-order chi connectivity index (χ1) is 6.65. The first-order valence-corrected chi connectivity index (χ1v) is 5.12. The van der Waals surface area contributed by atoms with Gasteiger partial charge in [0.05, 0.1) is 18.4 Å². The van der Waals surface area contributed by atoms with Crippen molar-refractivity contribution in [2.45, 2.75) is 18.7 Å². The highest BCUT2D eigenvalue weighted by Crippen LogP contribution is 2.46. The molecule has 0 bridgehead atoms. The number of carbonyl (C=O) groups excluding carboxylic acids is 1. The number of aliphatic carboxylic acids is 1. The quantitative estimate of drug-likeness (QED) is 0.697. The lowest BCUT2D eigenvalue weighted by Crippen LogP contribution is -2.48. The molecule has 6 heteroatoms. The van der Waals surface area contributed by atoms with Crippen molar-refractivity contribution in [2.24, 2.45) is 0 Å². The number of hydrogen-bond donors (Lipinski definition) is 1. The number of nitrogens with zero attached hydrogens (tertiary/aromatic N) is 1. The number of hydrogen-bond acceptors (Lipinski definition) is 4. The van der Waals surface area contributed by atoms with Gasteiger partial charge in [-0.05, 0) is 6.92 Å². The average Bonchev–Trinajstić information content (AvgIpc) is 2.39. The summed E-state index contributed by atoms with van der Waals surface area (Å²) in [5, 5.41) is 9.20. The summed E-state index contributed by atoms with van der Waals surface area (Å²) in [6, 6.07) is 0. The fraction of sp³-hybridized carbons (Fsp3) is 0.500. The SMILES string of the molecule is CCOC1=C(C(=O)O)N2C(=O)C[C@H]2S1. The van der Waals surface area contributed by atoms with Gasteiger partial charge in [0.2, 0.25) is 5.91 Å². The van der Waals surface area contributed by atoms with Crippen LogP contribution in [-0.2, 0) is 14.3 Å². The molecule has 1 fully saturated rings. The van der Waals surface area contributed by atoms with E-state index in [9.17, 15) is 9.59 Å². The van der Waals surface area contributed by atoms with E-state index in [1.54, 1.807) is 6.92 Å². The van der Waals surface area contributed by atoms with Gasteiger partial charge < -0.3 is 9.84 Å². The topological polar surface area (TPSA) is 66.8 Å². The van der Waals surface area contributed by atoms with Gasteiger partial charge in [0.25, 0.3) is 0 Å². The van der Waals surface area contributed by atoms with Crippen LogP contribution in [0.4, 0.5) is 0 Å². The summed E-state index contributed by atoms with van der Waals surface area (Å²) in [6.45, 7) is 2.19. The number of fused-ring (bicyclic) bond motifs is 1. The fourth-order valence-electron chi connectivity index (χ4n) is 1.45. The van der Waals surface area contributed by atoms with Gasteiger partial charge in [-0.1, -0.05) is 11.8 Å². The zero-order chi connectivity index (χ0) is 10.3. The highest BCUT2D eigenvalue weighted by Gasteiger charge is 2.49. The van der Waals surface area contributed by atoms with Crippen LogP contribution in [0.5, 0.6) is 0 Å². The maximum Gasteiger partial charge on any atom is 0.357 e. The lowest BCUT2D eigenvalue weighted by atomic mass is 10.2. The van der Waals surface area contributed by atoms with Crippen molar-refractivity contribution < 1.29 is 19.4 Å². The highest BCUT2D eigenvalue weighted by molar-refractivity contribution is 8.03. The zero-order valence-corrected chi connectivity index (χ0v) is 8.34. The Hall–Kier alpha value is -1.17. The Morgan fingerprint density at radius 3 is 3.00 bits per heavy atom. The van der Waals surface area contributed by atoms with Crippen molar-refractivity contribution >= 4 is 23.6 Å². The van der Waals surface area contributed by atoms with E-state index in [2.05, 4.69) is 0 Å². The fourth-order valence-corrected chi connectivity index (χ4v) is 2.74. The molecule has 0 unspecified atom stereocenters. The van der Waals surface area contributed by atoms with Crippen LogP contribution in [0, 0.1) is 0 Å². The lowest BCUT2D eigenvalue weighted by molar-refractivity contribution is -0.145. The predicted octanol–water partition coefficient (Wildman–Crippen LogP) is 0.582. The number of carboxylic acid groups (broad SMARTS) is 1. The van der Waals surface area contributed by atoms with Crippen molar-refractivity contribution in [3.63, 3.8) is 0 Å². The van der Waals surface area contributed by atoms with Crippen LogP contribution in [0.3, 0.4) is 0 Å². The molecule has 0 radical (unpaired) electrons. The molecule has 0 aromatic rings. The minimum absolute atomic E-state index is 0.00176. The van der Waals surface area contributed by atoms with E-state index in [4.69, 9.17) is 9.84 Å². The lowest BCUT2D eigenvalue weighted by Gasteiger charge is -2.33. The first kappa shape index (κ1) is 9.39. The third kappa shape index (κ3) is 1.18. The molecule has 1 saturated heterocycles. The number of carboxylic acids is 1. The van der Waals surface area contributed by atoms with Gasteiger partial charge in [0.1, 0.15) is 0 Å². The molecule has 0 aliphatic carbocycles. The second-order valence-electron chi connectivity index (χ2n) is 2.91. The molecule has 2 aliphatic rings. The van der Waals surface area contributed by atoms with E-state index < -0.39 is 5.97 Å². The summed E-state index contributed by atoms with van der Waals surface area (Å²) in [7, 11) is 0. The van der Waals surface area contributed by atoms with Crippen molar-refractivity contribution in [2.75, 3.05) is 6.61 Å². The smallest absolute Gasteiger partial charge is 0.357 e. The summed E-state index contributed by atoms with van der Waals surface area (Å²) >= 11 is 1.31. The van der Waals surface area contributed by atoms with Gasteiger partial charge in [-0.2, -0.15) is 0 Å². The van der Waals surface area contributed by atoms with Crippen LogP contribution in [0.2, 0.25) is 0 Å². The zero-order valence-electron chi connectivity index (χ0n) is 7.52. The van der Waals surface area contributed by atoms with E-state index in [0.29, 0.717) is 18.1 Å². The second kappa shape index (κ2) is 3.20. The molecule has 0 spiro atoms. The van der Waals surface area contributed by atoms with E-state index in [-0.39, 0.29) is 17.0 Å². The average molecular weight is 215 g/mol. The molecule has 0 aromatic heterocycles. The summed E-state index contributed by atoms with van der Waals surface area (Å²) < 4.78 is 5.17. The van der Waals surface area contributed by atoms with Crippen LogP contribution >= 0.6 is 11.8 Å². The van der Waals surface area contributed by atoms with E-state index in [0.717, 1.165) is 0 Å². The standard InChI is InChI=1S/C8H9NO4S/c1-2-13-8-6(7(11)12)9-4(10)3-5(9)14-8/h5H,2-3H2,1H3,(H,11,12)/t5-/m1/s1. The highest BCUT2D eigenvalue weighted by atomic mass is 32.2. The first-order valence-electron chi connectivity index (χ1n) is 4.24. The van der Waals surface area contributed by atoms with Crippen molar-refractivity contribution in [3.8, 4) is 0 Å². The van der Waals surface area contributed by atoms with Crippen molar-refractivity contribution in [3.05, 3.63) is 10.8 Å². The van der Waals surface area contributed by atoms with Crippen LogP contribution < -0.4 is 0 Å². The number of ether oxygens (including phenoxy) is 1. The number of rotatable bonds is 3. The van der Waals surface area contributed by atoms with E-state index >= 15 is 0 Å². The Morgan fingerprint density at radius 2 is 2.50 bits per heavy atom. The van der Waals surface area contributed by atoms with Crippen LogP contribution in [0.25, 0.3) is 0 Å². The van der Waals surface area contributed by atoms with E-state index in [1.807, 2.05) is 0 Å². The summed E-state index contributed by atoms with van der Waals surface area (Å²) in [5.74, 6) is -1.24. The Kier molecular flexibility index (Phi) is 2.14. The number of carbonyl (C=O) groups is 2. The molecular formula is C8H9NO4S. The van der Waals surface area contributed by atoms with Gasteiger partial charge in [-0.15, -0.1) is 0 Å². The Morgan fingerprint density at radius 1 is 1.79 bits per heavy atom. The van der Waals surface area contributed by atoms with Crippen molar-refractivity contribution in [1.29, 1.82) is 0 Å². The van der Waals surface area contributed by atoms with Crippen LogP contribution in [0.1, 0.15) is 13.3 Å². The van der Waals surface area contributed by atoms with Gasteiger partial charge in [-0.25, -0.2) is 4.79 Å². The molecule has 5 nitrogen and oxygen atoms in total. The summed E-state index contributed by atoms with van der Waals surface area (Å²) in [5.41, 5.74) is -0.00176. The molecule has 0 aromatic carbocycles. The third-order valence-corrected chi connectivity index (χ3v) is 3.24. The largest absolute Gasteiger partial charge is 0.485 e. The minimum Gasteiger partial charge on any atom is -0.485 e. The molecule has 2 aliphatic heterocycles. The second-order valence-corrected chi connectivity index (χ2v) is 4.07. The molecule has 0 saturated carbocycles. The maximum absolute atomic E-state index is 11.1. The molecule has 1 atom stereocenters. The Bertz CT molecular complexity index is 338. The summed E-state index contributed by atoms with van der Waals surface area (Å²) in [4.78, 5) is 23.3. The van der Waals surface area contributed by atoms with Gasteiger partial charge in [-0.3, -0.25) is 9.69 Å². The number of β-lactam (4-membered cyclic amide) rings is 1. The molecule has 1 N–H and O–H groups in total. The number of amides is 1. The normalized spacial score (nSPS) is 24.8. The van der Waals surface area contributed by atoms with Crippen molar-refractivity contribution in [1.82, 2.24) is 4.90 Å². The van der Waals surface area contributed by atoms with Gasteiger partial charge in [0, 0.05) is 0 Å². The maximum atomic E-state index is 11.1. The Balaban J connectivity index is 2.28. The summed E-state index contributed by atoms with van der Waals surface area (Å²) in [6.07, 6.45) is 0.401. The van der Waals surface area contributed by atoms with Crippen LogP contribution in [-0.4, -0.2) is 33.9 Å². The molecule has 2 heterocycles. The Labute approximate surface area is 84.7 Å².